The van der Waals surface area contributed by atoms with Gasteiger partial charge in [-0.05, 0) is 56.3 Å². The van der Waals surface area contributed by atoms with Crippen LogP contribution in [0.5, 0.6) is 0 Å². The SMILES string of the molecule is CN=C(N)N1C=CCC2(C1)C1CCC3CC=CC4CC(C(=O)O)=C(C1)C432. The number of aliphatic carboxylic acids is 1. The first-order valence-corrected chi connectivity index (χ1v) is 9.82. The number of allylic oxidation sites excluding steroid dienone is 4. The van der Waals surface area contributed by atoms with Gasteiger partial charge in [-0.25, -0.2) is 4.79 Å². The van der Waals surface area contributed by atoms with Crippen LogP contribution in [0.4, 0.5) is 0 Å². The van der Waals surface area contributed by atoms with Crippen LogP contribution in [0.25, 0.3) is 0 Å². The summed E-state index contributed by atoms with van der Waals surface area (Å²) in [6.45, 7) is 0.870. The second-order valence-corrected chi connectivity index (χ2v) is 8.74. The molecule has 2 saturated carbocycles. The van der Waals surface area contributed by atoms with Crippen molar-refractivity contribution in [1.29, 1.82) is 0 Å². The Balaban J connectivity index is 1.72. The van der Waals surface area contributed by atoms with Crippen LogP contribution in [-0.4, -0.2) is 35.5 Å². The zero-order valence-corrected chi connectivity index (χ0v) is 15.3. The van der Waals surface area contributed by atoms with Crippen molar-refractivity contribution in [3.63, 3.8) is 0 Å². The molecule has 0 aromatic carbocycles. The van der Waals surface area contributed by atoms with E-state index in [1.807, 2.05) is 0 Å². The minimum absolute atomic E-state index is 0.00935. The van der Waals surface area contributed by atoms with E-state index in [1.54, 1.807) is 7.05 Å². The van der Waals surface area contributed by atoms with Crippen LogP contribution >= 0.6 is 0 Å². The average molecular weight is 353 g/mol. The molecule has 5 rings (SSSR count). The first-order chi connectivity index (χ1) is 12.5. The van der Waals surface area contributed by atoms with Crippen molar-refractivity contribution in [2.75, 3.05) is 13.6 Å². The summed E-state index contributed by atoms with van der Waals surface area (Å²) in [5.41, 5.74) is 8.28. The zero-order chi connectivity index (χ0) is 18.1. The summed E-state index contributed by atoms with van der Waals surface area (Å²) in [5.74, 6) is 1.31. The van der Waals surface area contributed by atoms with Gasteiger partial charge in [0, 0.05) is 36.2 Å². The summed E-state index contributed by atoms with van der Waals surface area (Å²) in [7, 11) is 1.74. The molecule has 0 amide bonds. The van der Waals surface area contributed by atoms with Crippen molar-refractivity contribution in [2.45, 2.75) is 38.5 Å². The summed E-state index contributed by atoms with van der Waals surface area (Å²) >= 11 is 0. The Hall–Kier alpha value is -2.04. The van der Waals surface area contributed by atoms with Gasteiger partial charge in [-0.2, -0.15) is 0 Å². The van der Waals surface area contributed by atoms with E-state index in [2.05, 4.69) is 34.3 Å². The van der Waals surface area contributed by atoms with Gasteiger partial charge in [0.1, 0.15) is 0 Å². The predicted octanol–water partition coefficient (Wildman–Crippen LogP) is 2.91. The maximum Gasteiger partial charge on any atom is 0.331 e. The molecule has 5 nitrogen and oxygen atoms in total. The number of carboxylic acid groups (broad SMARTS) is 1. The van der Waals surface area contributed by atoms with Crippen LogP contribution in [-0.2, 0) is 4.79 Å². The second kappa shape index (κ2) is 5.24. The molecule has 1 heterocycles. The standard InChI is InChI=1S/C21H27N3O2/c1-23-19(22)24-9-3-8-20(12-24)14-7-6-13-4-2-5-15-10-16(18(25)26)17(11-14)21(13,15)20/h2-3,5,9,13-15H,4,6-8,10-12H2,1H3,(H2,22,23)(H,25,26). The lowest BCUT2D eigenvalue weighted by molar-refractivity contribution is -0.132. The minimum Gasteiger partial charge on any atom is -0.478 e. The number of nitrogens with zero attached hydrogens (tertiary/aromatic N) is 2. The van der Waals surface area contributed by atoms with Crippen LogP contribution in [0.1, 0.15) is 38.5 Å². The highest BCUT2D eigenvalue weighted by Crippen LogP contribution is 2.77. The first-order valence-electron chi connectivity index (χ1n) is 9.82. The Morgan fingerprint density at radius 1 is 1.31 bits per heavy atom. The number of nitrogens with two attached hydrogens (primary N) is 1. The molecular weight excluding hydrogens is 326 g/mol. The van der Waals surface area contributed by atoms with Gasteiger partial charge in [-0.15, -0.1) is 0 Å². The van der Waals surface area contributed by atoms with Gasteiger partial charge in [-0.3, -0.25) is 4.99 Å². The smallest absolute Gasteiger partial charge is 0.331 e. The summed E-state index contributed by atoms with van der Waals surface area (Å²) < 4.78 is 0. The summed E-state index contributed by atoms with van der Waals surface area (Å²) in [5, 5.41) is 9.92. The predicted molar refractivity (Wildman–Crippen MR) is 100 cm³/mol. The van der Waals surface area contributed by atoms with Crippen molar-refractivity contribution in [1.82, 2.24) is 4.90 Å². The molecular formula is C21H27N3O2. The minimum atomic E-state index is -0.698. The fraction of sp³-hybridized carbons (Fsp3) is 0.619. The van der Waals surface area contributed by atoms with Crippen LogP contribution in [0.3, 0.4) is 0 Å². The zero-order valence-electron chi connectivity index (χ0n) is 15.3. The monoisotopic (exact) mass is 353 g/mol. The number of aliphatic imine (C=N–C) groups is 1. The Morgan fingerprint density at radius 3 is 2.88 bits per heavy atom. The lowest BCUT2D eigenvalue weighted by atomic mass is 9.45. The molecule has 5 heteroatoms. The van der Waals surface area contributed by atoms with Crippen molar-refractivity contribution < 1.29 is 9.90 Å². The third-order valence-corrected chi connectivity index (χ3v) is 8.23. The van der Waals surface area contributed by atoms with E-state index in [0.29, 0.717) is 35.7 Å². The molecule has 5 atom stereocenters. The van der Waals surface area contributed by atoms with E-state index in [0.717, 1.165) is 25.8 Å². The maximum absolute atomic E-state index is 12.1. The topological polar surface area (TPSA) is 78.9 Å². The molecule has 3 N–H and O–H groups in total. The molecule has 138 valence electrons. The van der Waals surface area contributed by atoms with Crippen LogP contribution in [0, 0.1) is 28.6 Å². The van der Waals surface area contributed by atoms with E-state index in [1.165, 1.54) is 18.4 Å². The average Bonchev–Trinajstić information content (AvgIpc) is 3.02. The molecule has 2 fully saturated rings. The van der Waals surface area contributed by atoms with Gasteiger partial charge >= 0.3 is 5.97 Å². The summed E-state index contributed by atoms with van der Waals surface area (Å²) in [4.78, 5) is 18.4. The quantitative estimate of drug-likeness (QED) is 0.432. The molecule has 2 spiro atoms. The normalized spacial score (nSPS) is 43.3. The Bertz CT molecular complexity index is 795. The summed E-state index contributed by atoms with van der Waals surface area (Å²) in [6, 6.07) is 0. The fourth-order valence-electron chi connectivity index (χ4n) is 7.52. The highest BCUT2D eigenvalue weighted by Gasteiger charge is 2.72. The largest absolute Gasteiger partial charge is 0.478 e. The lowest BCUT2D eigenvalue weighted by Crippen LogP contribution is -2.59. The Labute approximate surface area is 154 Å². The molecule has 0 aromatic rings. The third kappa shape index (κ3) is 1.67. The van der Waals surface area contributed by atoms with E-state index < -0.39 is 5.97 Å². The molecule has 0 saturated heterocycles. The van der Waals surface area contributed by atoms with Crippen molar-refractivity contribution in [2.24, 2.45) is 39.3 Å². The van der Waals surface area contributed by atoms with Gasteiger partial charge < -0.3 is 15.7 Å². The van der Waals surface area contributed by atoms with Crippen LogP contribution in [0.2, 0.25) is 0 Å². The first kappa shape index (κ1) is 16.2. The van der Waals surface area contributed by atoms with Crippen LogP contribution in [0.15, 0.2) is 40.6 Å². The van der Waals surface area contributed by atoms with Gasteiger partial charge in [0.2, 0.25) is 0 Å². The summed E-state index contributed by atoms with van der Waals surface area (Å²) in [6.07, 6.45) is 15.2. The van der Waals surface area contributed by atoms with Gasteiger partial charge in [0.25, 0.3) is 0 Å². The molecule has 26 heavy (non-hydrogen) atoms. The second-order valence-electron chi connectivity index (χ2n) is 8.74. The molecule has 5 aliphatic rings. The highest BCUT2D eigenvalue weighted by atomic mass is 16.4. The van der Waals surface area contributed by atoms with E-state index in [9.17, 15) is 9.90 Å². The molecule has 2 bridgehead atoms. The van der Waals surface area contributed by atoms with Gasteiger partial charge in [0.05, 0.1) is 0 Å². The fourth-order valence-corrected chi connectivity index (χ4v) is 7.52. The van der Waals surface area contributed by atoms with E-state index in [4.69, 9.17) is 5.73 Å². The number of guanidine groups is 1. The van der Waals surface area contributed by atoms with E-state index in [-0.39, 0.29) is 10.8 Å². The van der Waals surface area contributed by atoms with Gasteiger partial charge in [0.15, 0.2) is 5.96 Å². The van der Waals surface area contributed by atoms with Gasteiger partial charge in [-0.1, -0.05) is 23.8 Å². The number of hydrogen-bond acceptors (Lipinski definition) is 2. The molecule has 5 unspecified atom stereocenters. The number of rotatable bonds is 1. The number of carboxylic acids is 1. The van der Waals surface area contributed by atoms with Crippen LogP contribution < -0.4 is 5.73 Å². The highest BCUT2D eigenvalue weighted by molar-refractivity contribution is 5.89. The Morgan fingerprint density at radius 2 is 2.12 bits per heavy atom. The van der Waals surface area contributed by atoms with Crippen molar-refractivity contribution >= 4 is 11.9 Å². The molecule has 0 aromatic heterocycles. The maximum atomic E-state index is 12.1. The van der Waals surface area contributed by atoms with Crippen molar-refractivity contribution in [3.05, 3.63) is 35.6 Å². The lowest BCUT2D eigenvalue weighted by Gasteiger charge is -2.61. The number of hydrogen-bond donors (Lipinski definition) is 2. The Kier molecular flexibility index (Phi) is 3.26. The van der Waals surface area contributed by atoms with Crippen molar-refractivity contribution in [3.8, 4) is 0 Å². The number of carbonyl (C=O) groups is 1. The molecule has 1 aliphatic heterocycles. The third-order valence-electron chi connectivity index (χ3n) is 8.23. The van der Waals surface area contributed by atoms with E-state index >= 15 is 0 Å². The molecule has 4 aliphatic carbocycles. The molecule has 0 radical (unpaired) electrons.